The molecule has 0 fully saturated rings. The van der Waals surface area contributed by atoms with Crippen molar-refractivity contribution in [2.75, 3.05) is 20.3 Å². The van der Waals surface area contributed by atoms with Gasteiger partial charge in [-0.2, -0.15) is 8.42 Å². The summed E-state index contributed by atoms with van der Waals surface area (Å²) in [5, 5.41) is 10.8. The monoisotopic (exact) mass is 1010 g/mol. The Kier molecular flexibility index (Phi) is 16.5. The molecule has 0 saturated heterocycles. The summed E-state index contributed by atoms with van der Waals surface area (Å²) in [4.78, 5) is 31.3. The molecule has 13 nitrogen and oxygen atoms in total. The van der Waals surface area contributed by atoms with Crippen molar-refractivity contribution < 1.29 is 35.7 Å². The second-order valence-corrected chi connectivity index (χ2v) is 23.7. The largest absolute Gasteiger partial charge is 0.456 e. The minimum Gasteiger partial charge on any atom is -0.456 e. The predicted molar refractivity (Wildman–Crippen MR) is 290 cm³/mol. The van der Waals surface area contributed by atoms with Crippen molar-refractivity contribution in [2.24, 2.45) is 15.8 Å². The molecule has 0 saturated carbocycles. The van der Waals surface area contributed by atoms with Gasteiger partial charge in [0.2, 0.25) is 11.8 Å². The zero-order chi connectivity index (χ0) is 52.5. The fraction of sp³-hybridized carbons (Fsp3) is 0.411. The molecule has 0 bridgehead atoms. The van der Waals surface area contributed by atoms with E-state index >= 15 is 0 Å². The van der Waals surface area contributed by atoms with Gasteiger partial charge in [0, 0.05) is 70.2 Å². The van der Waals surface area contributed by atoms with Gasteiger partial charge in [-0.25, -0.2) is 9.20 Å². The molecule has 15 heteroatoms. The summed E-state index contributed by atoms with van der Waals surface area (Å²) in [6, 6.07) is 18.5. The molecule has 71 heavy (non-hydrogen) atoms. The molecular weight excluding hydrogens is 935 g/mol. The van der Waals surface area contributed by atoms with Crippen molar-refractivity contribution in [1.29, 1.82) is 0 Å². The number of carbonyl (C=O) groups is 2. The number of anilines is 5. The first kappa shape index (κ1) is 54.5. The number of aryl methyl sites for hydroxylation is 4. The first-order valence-electron chi connectivity index (χ1n) is 24.2. The van der Waals surface area contributed by atoms with E-state index in [9.17, 15) is 31.3 Å². The number of rotatable bonds is 16. The third-order valence-corrected chi connectivity index (χ3v) is 14.4. The number of amides is 2. The Morgan fingerprint density at radius 3 is 1.92 bits per heavy atom. The second-order valence-electron chi connectivity index (χ2n) is 21.4. The molecule has 6 rings (SSSR count). The average molecular weight is 1010 g/mol. The minimum atomic E-state index is -4.78. The molecular formula is C56H71N5O8S2. The zero-order valence-corrected chi connectivity index (χ0v) is 45.4. The van der Waals surface area contributed by atoms with Crippen molar-refractivity contribution in [3.63, 3.8) is 0 Å². The molecule has 5 N–H and O–H groups in total. The van der Waals surface area contributed by atoms with E-state index in [1.807, 2.05) is 102 Å². The van der Waals surface area contributed by atoms with Crippen LogP contribution in [0.5, 0.6) is 0 Å². The lowest BCUT2D eigenvalue weighted by atomic mass is 9.91. The van der Waals surface area contributed by atoms with Crippen LogP contribution in [-0.2, 0) is 31.0 Å². The van der Waals surface area contributed by atoms with Gasteiger partial charge in [-0.15, -0.1) is 0 Å². The van der Waals surface area contributed by atoms with Crippen LogP contribution in [0, 0.1) is 52.4 Å². The highest BCUT2D eigenvalue weighted by Crippen LogP contribution is 2.47. The Hall–Kier alpha value is -5.87. The lowest BCUT2D eigenvalue weighted by molar-refractivity contribution is -0.118. The van der Waals surface area contributed by atoms with Gasteiger partial charge >= 0.3 is 0 Å². The van der Waals surface area contributed by atoms with Gasteiger partial charge in [0.05, 0.1) is 22.4 Å². The van der Waals surface area contributed by atoms with E-state index in [0.717, 1.165) is 52.6 Å². The van der Waals surface area contributed by atoms with E-state index in [1.165, 1.54) is 16.4 Å². The van der Waals surface area contributed by atoms with Crippen LogP contribution in [0.4, 0.5) is 34.1 Å². The minimum absolute atomic E-state index is 0.0973. The number of benzene rings is 5. The summed E-state index contributed by atoms with van der Waals surface area (Å²) in [7, 11) is -4.78. The van der Waals surface area contributed by atoms with Crippen LogP contribution in [0.2, 0.25) is 0 Å². The Balaban J connectivity index is 1.68. The molecule has 4 aromatic rings. The van der Waals surface area contributed by atoms with Gasteiger partial charge in [0.15, 0.2) is 0 Å². The van der Waals surface area contributed by atoms with Crippen LogP contribution in [-0.4, -0.2) is 39.6 Å². The molecule has 2 amide bonds. The lowest BCUT2D eigenvalue weighted by Crippen LogP contribution is -2.35. The fourth-order valence-electron chi connectivity index (χ4n) is 9.44. The van der Waals surface area contributed by atoms with E-state index < -0.39 is 27.4 Å². The van der Waals surface area contributed by atoms with Crippen molar-refractivity contribution in [1.82, 2.24) is 0 Å². The number of hydrogen-bond acceptors (Lipinski definition) is 8. The normalized spacial score (nSPS) is 13.4. The molecule has 380 valence electrons. The van der Waals surface area contributed by atoms with Gasteiger partial charge in [0.1, 0.15) is 16.2 Å². The maximum Gasteiger partial charge on any atom is 0.295 e. The molecule has 1 heterocycles. The van der Waals surface area contributed by atoms with Crippen LogP contribution < -0.4 is 25.6 Å². The maximum absolute atomic E-state index is 13.7. The van der Waals surface area contributed by atoms with Crippen LogP contribution in [0.25, 0.3) is 33.4 Å². The molecule has 2 aliphatic rings. The smallest absolute Gasteiger partial charge is 0.295 e. The molecule has 2 atom stereocenters. The Labute approximate surface area is 422 Å². The fourth-order valence-corrected chi connectivity index (χ4v) is 10.9. The highest BCUT2D eigenvalue weighted by atomic mass is 32.2. The topological polar surface area (TPSA) is 191 Å². The summed E-state index contributed by atoms with van der Waals surface area (Å²) in [5.74, 6) is 0.110. The maximum atomic E-state index is 13.7. The summed E-state index contributed by atoms with van der Waals surface area (Å²) < 4.78 is 70.2. The van der Waals surface area contributed by atoms with E-state index in [0.29, 0.717) is 81.0 Å². The molecule has 0 spiro atoms. The Bertz CT molecular complexity index is 3200. The van der Waals surface area contributed by atoms with Crippen LogP contribution in [0.3, 0.4) is 0 Å². The quantitative estimate of drug-likeness (QED) is 0.0272. The van der Waals surface area contributed by atoms with Crippen LogP contribution >= 0.6 is 0 Å². The van der Waals surface area contributed by atoms with Gasteiger partial charge in [-0.3, -0.25) is 23.0 Å². The van der Waals surface area contributed by atoms with Gasteiger partial charge < -0.3 is 20.4 Å². The van der Waals surface area contributed by atoms with Gasteiger partial charge in [-0.05, 0) is 123 Å². The summed E-state index contributed by atoms with van der Waals surface area (Å²) in [6.07, 6.45) is 3.94. The summed E-state index contributed by atoms with van der Waals surface area (Å²) in [5.41, 5.74) is 9.40. The van der Waals surface area contributed by atoms with Crippen molar-refractivity contribution in [3.05, 3.63) is 105 Å². The van der Waals surface area contributed by atoms with E-state index in [4.69, 9.17) is 9.41 Å². The molecule has 1 aliphatic heterocycles. The second kappa shape index (κ2) is 21.5. The first-order valence-corrected chi connectivity index (χ1v) is 26.7. The molecule has 1 aliphatic carbocycles. The van der Waals surface area contributed by atoms with E-state index in [-0.39, 0.29) is 38.7 Å². The van der Waals surface area contributed by atoms with Crippen molar-refractivity contribution in [3.8, 4) is 22.5 Å². The summed E-state index contributed by atoms with van der Waals surface area (Å²) in [6.45, 7) is 27.7. The number of carbonyl (C=O) groups excluding carboxylic acids is 2. The third-order valence-electron chi connectivity index (χ3n) is 12.6. The van der Waals surface area contributed by atoms with Crippen LogP contribution in [0.15, 0.2) is 81.0 Å². The number of hydrogen-bond donors (Lipinski definition) is 5. The van der Waals surface area contributed by atoms with Crippen LogP contribution in [0.1, 0.15) is 127 Å². The molecule has 0 aromatic heterocycles. The van der Waals surface area contributed by atoms with Crippen molar-refractivity contribution >= 4 is 78.3 Å². The summed E-state index contributed by atoms with van der Waals surface area (Å²) >= 11 is -2.54. The SMILES string of the molecule is CCCCCC(C)N(c1cc2c(-c3ccccc3S(=O)(=O)O)c3ccc(=Nc4c(C)cc(C)c(NC(=O)CC(C)(C)C)c4C)cc-3oc2cc1Nc1c(C)cc(C)c(NC(=O)CC(C)(C)C)c1C)S(=O)O. The number of nitrogens with one attached hydrogen (secondary N) is 3. The van der Waals surface area contributed by atoms with Gasteiger partial charge in [0.25, 0.3) is 21.4 Å². The Morgan fingerprint density at radius 2 is 1.34 bits per heavy atom. The zero-order valence-electron chi connectivity index (χ0n) is 43.7. The first-order chi connectivity index (χ1) is 33.1. The Morgan fingerprint density at radius 1 is 0.761 bits per heavy atom. The number of nitrogens with zero attached hydrogens (tertiary/aromatic N) is 2. The highest BCUT2D eigenvalue weighted by molar-refractivity contribution is 7.86. The van der Waals surface area contributed by atoms with Gasteiger partial charge in [-0.1, -0.05) is 98.1 Å². The number of fused-ring (bicyclic) bond motifs is 2. The standard InChI is InChI=1S/C56H71N5O8S2/c1-15-16-17-20-36(6)61(70(64)65)44-28-42-46(29-43(44)58-52-33(3)26-35(5)54(38(52)8)60-49(63)31-56(12,13)14)69-45-27-39(23-24-40(45)50(42)41-21-18-19-22-47(41)71(66,67)68)57-51-32(2)25-34(4)53(37(51)7)59-48(62)30-55(9,10)11/h18-19,21-29,36,58H,15-17,20,30-31H2,1-14H3,(H,59,62)(H,60,63)(H,64,65)(H,66,67,68). The van der Waals surface area contributed by atoms with Crippen molar-refractivity contribution in [2.45, 2.75) is 146 Å². The van der Waals surface area contributed by atoms with E-state index in [1.54, 1.807) is 42.5 Å². The third kappa shape index (κ3) is 12.8. The lowest BCUT2D eigenvalue weighted by Gasteiger charge is -2.31. The molecule has 0 radical (unpaired) electrons. The van der Waals surface area contributed by atoms with E-state index in [2.05, 4.69) is 22.9 Å². The average Bonchev–Trinajstić information content (AvgIpc) is 3.24. The molecule has 2 unspecified atom stereocenters. The highest BCUT2D eigenvalue weighted by Gasteiger charge is 2.29. The molecule has 4 aromatic carbocycles. The number of unbranched alkanes of at least 4 members (excludes halogenated alkanes) is 2. The predicted octanol–water partition coefficient (Wildman–Crippen LogP) is 13.9.